The maximum absolute atomic E-state index is 11.3. The molecule has 2 N–H and O–H groups in total. The molecule has 0 spiro atoms. The summed E-state index contributed by atoms with van der Waals surface area (Å²) in [6.45, 7) is 2.88. The minimum atomic E-state index is -0.110. The quantitative estimate of drug-likeness (QED) is 0.784. The summed E-state index contributed by atoms with van der Waals surface area (Å²) in [6, 6.07) is 12.2. The van der Waals surface area contributed by atoms with Crippen LogP contribution in [0.2, 0.25) is 0 Å². The Balaban J connectivity index is 1.73. The Labute approximate surface area is 137 Å². The zero-order valence-corrected chi connectivity index (χ0v) is 13.7. The highest BCUT2D eigenvalue weighted by Crippen LogP contribution is 2.29. The number of anilines is 2. The predicted molar refractivity (Wildman–Crippen MR) is 91.8 cm³/mol. The Morgan fingerprint density at radius 3 is 2.95 bits per heavy atom. The zero-order chi connectivity index (χ0) is 14.8. The van der Waals surface area contributed by atoms with Gasteiger partial charge in [-0.25, -0.2) is 0 Å². The van der Waals surface area contributed by atoms with Gasteiger partial charge in [0, 0.05) is 15.8 Å². The summed E-state index contributed by atoms with van der Waals surface area (Å²) in [5.41, 5.74) is 4.17. The lowest BCUT2D eigenvalue weighted by Gasteiger charge is -2.19. The van der Waals surface area contributed by atoms with Crippen LogP contribution >= 0.6 is 22.6 Å². The summed E-state index contributed by atoms with van der Waals surface area (Å²) in [4.78, 5) is 11.3. The molecule has 2 aromatic rings. The summed E-state index contributed by atoms with van der Waals surface area (Å²) in [6.07, 6.45) is 0. The van der Waals surface area contributed by atoms with Gasteiger partial charge in [-0.05, 0) is 71.0 Å². The van der Waals surface area contributed by atoms with Gasteiger partial charge in [-0.1, -0.05) is 6.07 Å². The van der Waals surface area contributed by atoms with E-state index in [1.54, 1.807) is 0 Å². The number of benzene rings is 2. The third-order valence-corrected chi connectivity index (χ3v) is 4.02. The molecular formula is C16H15IN2O2. The fourth-order valence-electron chi connectivity index (χ4n) is 2.26. The Morgan fingerprint density at radius 1 is 1.29 bits per heavy atom. The number of rotatable bonds is 3. The molecule has 21 heavy (non-hydrogen) atoms. The normalized spacial score (nSPS) is 13.1. The zero-order valence-electron chi connectivity index (χ0n) is 11.6. The number of carbonyl (C=O) groups excluding carboxylic acids is 1. The summed E-state index contributed by atoms with van der Waals surface area (Å²) in [7, 11) is 0. The lowest BCUT2D eigenvalue weighted by atomic mass is 10.1. The Hall–Kier alpha value is -1.76. The van der Waals surface area contributed by atoms with E-state index in [2.05, 4.69) is 58.3 Å². The number of hydrogen-bond donors (Lipinski definition) is 2. The van der Waals surface area contributed by atoms with Gasteiger partial charge in [0.05, 0.1) is 5.69 Å². The molecule has 1 aliphatic rings. The lowest BCUT2D eigenvalue weighted by Crippen LogP contribution is -2.25. The van der Waals surface area contributed by atoms with E-state index in [0.29, 0.717) is 6.54 Å². The van der Waals surface area contributed by atoms with Crippen molar-refractivity contribution in [2.75, 3.05) is 17.2 Å². The van der Waals surface area contributed by atoms with Crippen LogP contribution in [-0.2, 0) is 11.3 Å². The topological polar surface area (TPSA) is 50.4 Å². The van der Waals surface area contributed by atoms with Crippen molar-refractivity contribution in [2.45, 2.75) is 13.5 Å². The molecule has 1 aliphatic heterocycles. The standard InChI is InChI=1S/C16H15IN2O2/c1-10-6-12(17)3-4-13(10)18-8-11-2-5-15-14(7-11)19-16(20)9-21-15/h2-7,18H,8-9H2,1H3,(H,19,20). The van der Waals surface area contributed by atoms with Crippen molar-refractivity contribution in [2.24, 2.45) is 0 Å². The molecule has 0 fully saturated rings. The second-order valence-electron chi connectivity index (χ2n) is 4.98. The first-order valence-electron chi connectivity index (χ1n) is 6.67. The van der Waals surface area contributed by atoms with E-state index in [-0.39, 0.29) is 12.5 Å². The van der Waals surface area contributed by atoms with Crippen LogP contribution in [-0.4, -0.2) is 12.5 Å². The average Bonchev–Trinajstić information content (AvgIpc) is 2.46. The molecule has 0 unspecified atom stereocenters. The smallest absolute Gasteiger partial charge is 0.262 e. The van der Waals surface area contributed by atoms with Crippen molar-refractivity contribution >= 4 is 39.9 Å². The molecule has 5 heteroatoms. The van der Waals surface area contributed by atoms with Crippen LogP contribution < -0.4 is 15.4 Å². The van der Waals surface area contributed by atoms with Gasteiger partial charge in [-0.15, -0.1) is 0 Å². The first-order valence-corrected chi connectivity index (χ1v) is 7.75. The Bertz CT molecular complexity index is 701. The lowest BCUT2D eigenvalue weighted by molar-refractivity contribution is -0.118. The molecule has 0 atom stereocenters. The molecule has 0 saturated carbocycles. The number of hydrogen-bond acceptors (Lipinski definition) is 3. The van der Waals surface area contributed by atoms with Crippen molar-refractivity contribution in [3.8, 4) is 5.75 Å². The number of aryl methyl sites for hydroxylation is 1. The van der Waals surface area contributed by atoms with Gasteiger partial charge in [0.2, 0.25) is 0 Å². The predicted octanol–water partition coefficient (Wildman–Crippen LogP) is 3.54. The second kappa shape index (κ2) is 5.93. The molecule has 0 bridgehead atoms. The second-order valence-corrected chi connectivity index (χ2v) is 6.23. The number of carbonyl (C=O) groups is 1. The number of halogens is 1. The minimum Gasteiger partial charge on any atom is -0.482 e. The number of ether oxygens (including phenoxy) is 1. The molecule has 1 heterocycles. The summed E-state index contributed by atoms with van der Waals surface area (Å²) in [5.74, 6) is 0.616. The molecule has 1 amide bonds. The summed E-state index contributed by atoms with van der Waals surface area (Å²) >= 11 is 2.31. The maximum atomic E-state index is 11.3. The average molecular weight is 394 g/mol. The molecule has 2 aromatic carbocycles. The van der Waals surface area contributed by atoms with E-state index in [4.69, 9.17) is 4.74 Å². The molecule has 108 valence electrons. The van der Waals surface area contributed by atoms with E-state index in [9.17, 15) is 4.79 Å². The molecule has 4 nitrogen and oxygen atoms in total. The van der Waals surface area contributed by atoms with Gasteiger partial charge < -0.3 is 15.4 Å². The third-order valence-electron chi connectivity index (χ3n) is 3.35. The van der Waals surface area contributed by atoms with Crippen molar-refractivity contribution in [1.82, 2.24) is 0 Å². The van der Waals surface area contributed by atoms with E-state index in [1.165, 1.54) is 9.13 Å². The van der Waals surface area contributed by atoms with E-state index < -0.39 is 0 Å². The SMILES string of the molecule is Cc1cc(I)ccc1NCc1ccc2c(c1)NC(=O)CO2. The van der Waals surface area contributed by atoms with E-state index in [1.807, 2.05) is 18.2 Å². The van der Waals surface area contributed by atoms with E-state index >= 15 is 0 Å². The van der Waals surface area contributed by atoms with Crippen molar-refractivity contribution in [3.63, 3.8) is 0 Å². The third kappa shape index (κ3) is 3.29. The van der Waals surface area contributed by atoms with Gasteiger partial charge in [-0.2, -0.15) is 0 Å². The van der Waals surface area contributed by atoms with Crippen LogP contribution in [0.15, 0.2) is 36.4 Å². The Kier molecular flexibility index (Phi) is 4.01. The molecule has 0 saturated heterocycles. The van der Waals surface area contributed by atoms with Crippen LogP contribution in [0, 0.1) is 10.5 Å². The van der Waals surface area contributed by atoms with Gasteiger partial charge in [0.15, 0.2) is 6.61 Å². The van der Waals surface area contributed by atoms with Crippen LogP contribution in [0.4, 0.5) is 11.4 Å². The Morgan fingerprint density at radius 2 is 2.14 bits per heavy atom. The van der Waals surface area contributed by atoms with Gasteiger partial charge in [-0.3, -0.25) is 4.79 Å². The molecule has 0 aromatic heterocycles. The van der Waals surface area contributed by atoms with Gasteiger partial charge >= 0.3 is 0 Å². The number of amides is 1. The van der Waals surface area contributed by atoms with Crippen molar-refractivity contribution in [1.29, 1.82) is 0 Å². The minimum absolute atomic E-state index is 0.0897. The number of fused-ring (bicyclic) bond motifs is 1. The summed E-state index contributed by atoms with van der Waals surface area (Å²) < 4.78 is 6.58. The van der Waals surface area contributed by atoms with Crippen LogP contribution in [0.3, 0.4) is 0 Å². The van der Waals surface area contributed by atoms with Crippen molar-refractivity contribution in [3.05, 3.63) is 51.1 Å². The monoisotopic (exact) mass is 394 g/mol. The maximum Gasteiger partial charge on any atom is 0.262 e. The highest BCUT2D eigenvalue weighted by molar-refractivity contribution is 14.1. The van der Waals surface area contributed by atoms with Crippen LogP contribution in [0.25, 0.3) is 0 Å². The van der Waals surface area contributed by atoms with Gasteiger partial charge in [0.25, 0.3) is 5.91 Å². The molecule has 0 radical (unpaired) electrons. The molecule has 0 aliphatic carbocycles. The highest BCUT2D eigenvalue weighted by atomic mass is 127. The molecule has 3 rings (SSSR count). The molecular weight excluding hydrogens is 379 g/mol. The first-order chi connectivity index (χ1) is 10.1. The summed E-state index contributed by atoms with van der Waals surface area (Å²) in [5, 5.41) is 6.24. The van der Waals surface area contributed by atoms with Gasteiger partial charge in [0.1, 0.15) is 5.75 Å². The fraction of sp³-hybridized carbons (Fsp3) is 0.188. The van der Waals surface area contributed by atoms with E-state index in [0.717, 1.165) is 22.7 Å². The van der Waals surface area contributed by atoms with Crippen LogP contribution in [0.1, 0.15) is 11.1 Å². The first kappa shape index (κ1) is 14.2. The fourth-order valence-corrected chi connectivity index (χ4v) is 2.91. The van der Waals surface area contributed by atoms with Crippen molar-refractivity contribution < 1.29 is 9.53 Å². The largest absolute Gasteiger partial charge is 0.482 e. The highest BCUT2D eigenvalue weighted by Gasteiger charge is 2.15. The van der Waals surface area contributed by atoms with Crippen LogP contribution in [0.5, 0.6) is 5.75 Å². The number of nitrogens with one attached hydrogen (secondary N) is 2.